The maximum Gasteiger partial charge on any atom is 0.416 e. The fourth-order valence-corrected chi connectivity index (χ4v) is 2.98. The third-order valence-corrected chi connectivity index (χ3v) is 4.72. The molecular weight excluding hydrogens is 365 g/mol. The van der Waals surface area contributed by atoms with Gasteiger partial charge in [0.15, 0.2) is 0 Å². The summed E-state index contributed by atoms with van der Waals surface area (Å²) in [6.45, 7) is 2.64. The van der Waals surface area contributed by atoms with Crippen molar-refractivity contribution in [3.63, 3.8) is 0 Å². The molecule has 1 atom stereocenters. The molecule has 0 aliphatic heterocycles. The van der Waals surface area contributed by atoms with Crippen LogP contribution in [0.15, 0.2) is 48.5 Å². The van der Waals surface area contributed by atoms with E-state index in [1.807, 2.05) is 24.3 Å². The molecule has 3 nitrogen and oxygen atoms in total. The van der Waals surface area contributed by atoms with E-state index >= 15 is 0 Å². The number of rotatable bonds is 9. The zero-order chi connectivity index (χ0) is 20.6. The highest BCUT2D eigenvalue weighted by Gasteiger charge is 2.29. The number of likely N-dealkylation sites (N-methyl/N-ethyl adjacent to an activating group) is 1. The van der Waals surface area contributed by atoms with Crippen LogP contribution in [0.3, 0.4) is 0 Å². The Balaban J connectivity index is 1.88. The highest BCUT2D eigenvalue weighted by atomic mass is 19.4. The largest absolute Gasteiger partial charge is 0.416 e. The average molecular weight is 392 g/mol. The molecule has 6 heteroatoms. The quantitative estimate of drug-likeness (QED) is 0.643. The first kappa shape index (κ1) is 22.0. The van der Waals surface area contributed by atoms with Crippen LogP contribution in [-0.4, -0.2) is 25.5 Å². The lowest BCUT2D eigenvalue weighted by Crippen LogP contribution is -2.43. The molecule has 0 unspecified atom stereocenters. The number of alkyl halides is 3. The molecule has 0 radical (unpaired) electrons. The number of carbonyl (C=O) groups excluding carboxylic acids is 1. The third kappa shape index (κ3) is 6.37. The van der Waals surface area contributed by atoms with Gasteiger partial charge < -0.3 is 10.6 Å². The number of benzene rings is 2. The smallest absolute Gasteiger partial charge is 0.354 e. The van der Waals surface area contributed by atoms with Crippen LogP contribution in [0.5, 0.6) is 0 Å². The Morgan fingerprint density at radius 2 is 1.57 bits per heavy atom. The van der Waals surface area contributed by atoms with Crippen molar-refractivity contribution < 1.29 is 18.0 Å². The standard InChI is InChI=1S/C22H27F3N2O/c1-3-4-5-20(26-2)21(28)27-15-14-16-6-8-17(9-7-16)18-10-12-19(13-11-18)22(23,24)25/h6-13,20,26H,3-5,14-15H2,1-2H3,(H,27,28)/t20-/m0/s1. The lowest BCUT2D eigenvalue weighted by molar-refractivity contribution is -0.137. The number of unbranched alkanes of at least 4 members (excludes halogenated alkanes) is 1. The molecule has 2 rings (SSSR count). The monoisotopic (exact) mass is 392 g/mol. The number of carbonyl (C=O) groups is 1. The molecule has 0 spiro atoms. The summed E-state index contributed by atoms with van der Waals surface area (Å²) in [6.07, 6.45) is -0.749. The summed E-state index contributed by atoms with van der Waals surface area (Å²) in [7, 11) is 1.79. The summed E-state index contributed by atoms with van der Waals surface area (Å²) in [6, 6.07) is 12.6. The van der Waals surface area contributed by atoms with Gasteiger partial charge in [-0.1, -0.05) is 56.2 Å². The van der Waals surface area contributed by atoms with Gasteiger partial charge >= 0.3 is 6.18 Å². The van der Waals surface area contributed by atoms with Gasteiger partial charge in [-0.15, -0.1) is 0 Å². The first-order chi connectivity index (χ1) is 13.3. The second-order valence-corrected chi connectivity index (χ2v) is 6.80. The molecule has 28 heavy (non-hydrogen) atoms. The maximum absolute atomic E-state index is 12.6. The Kier molecular flexibility index (Phi) is 8.05. The van der Waals surface area contributed by atoms with Crippen molar-refractivity contribution in [3.8, 4) is 11.1 Å². The number of nitrogens with one attached hydrogen (secondary N) is 2. The van der Waals surface area contributed by atoms with Crippen LogP contribution >= 0.6 is 0 Å². The van der Waals surface area contributed by atoms with Crippen molar-refractivity contribution in [3.05, 3.63) is 59.7 Å². The lowest BCUT2D eigenvalue weighted by atomic mass is 10.0. The van der Waals surface area contributed by atoms with Crippen molar-refractivity contribution in [2.24, 2.45) is 0 Å². The third-order valence-electron chi connectivity index (χ3n) is 4.72. The van der Waals surface area contributed by atoms with Gasteiger partial charge in [0, 0.05) is 6.54 Å². The average Bonchev–Trinajstić information content (AvgIpc) is 2.68. The summed E-state index contributed by atoms with van der Waals surface area (Å²) in [5, 5.41) is 5.99. The Morgan fingerprint density at radius 3 is 2.07 bits per heavy atom. The Labute approximate surface area is 164 Å². The van der Waals surface area contributed by atoms with Crippen molar-refractivity contribution in [1.82, 2.24) is 10.6 Å². The lowest BCUT2D eigenvalue weighted by Gasteiger charge is -2.15. The van der Waals surface area contributed by atoms with Gasteiger partial charge in [-0.05, 0) is 48.7 Å². The zero-order valence-electron chi connectivity index (χ0n) is 16.3. The molecule has 0 aromatic heterocycles. The SMILES string of the molecule is CCCC[C@H](NC)C(=O)NCCc1ccc(-c2ccc(C(F)(F)F)cc2)cc1. The molecule has 152 valence electrons. The predicted octanol–water partition coefficient (Wildman–Crippen LogP) is 4.81. The second kappa shape index (κ2) is 10.3. The van der Waals surface area contributed by atoms with Crippen LogP contribution in [-0.2, 0) is 17.4 Å². The van der Waals surface area contributed by atoms with Gasteiger partial charge in [-0.2, -0.15) is 13.2 Å². The molecule has 2 aromatic carbocycles. The topological polar surface area (TPSA) is 41.1 Å². The van der Waals surface area contributed by atoms with E-state index in [4.69, 9.17) is 0 Å². The fraction of sp³-hybridized carbons (Fsp3) is 0.409. The molecule has 0 saturated carbocycles. The van der Waals surface area contributed by atoms with E-state index < -0.39 is 11.7 Å². The van der Waals surface area contributed by atoms with Crippen LogP contribution in [0.4, 0.5) is 13.2 Å². The minimum atomic E-state index is -4.32. The highest BCUT2D eigenvalue weighted by molar-refractivity contribution is 5.81. The van der Waals surface area contributed by atoms with E-state index in [-0.39, 0.29) is 11.9 Å². The van der Waals surface area contributed by atoms with Gasteiger partial charge in [0.2, 0.25) is 5.91 Å². The Morgan fingerprint density at radius 1 is 1.00 bits per heavy atom. The van der Waals surface area contributed by atoms with E-state index in [1.165, 1.54) is 12.1 Å². The molecule has 0 bridgehead atoms. The van der Waals surface area contributed by atoms with E-state index in [1.54, 1.807) is 7.05 Å². The zero-order valence-corrected chi connectivity index (χ0v) is 16.3. The molecule has 0 heterocycles. The minimum Gasteiger partial charge on any atom is -0.354 e. The summed E-state index contributed by atoms with van der Waals surface area (Å²) in [4.78, 5) is 12.2. The number of halogens is 3. The summed E-state index contributed by atoms with van der Waals surface area (Å²) >= 11 is 0. The highest BCUT2D eigenvalue weighted by Crippen LogP contribution is 2.31. The molecule has 0 aliphatic carbocycles. The Hall–Kier alpha value is -2.34. The maximum atomic E-state index is 12.6. The second-order valence-electron chi connectivity index (χ2n) is 6.80. The number of amides is 1. The van der Waals surface area contributed by atoms with E-state index in [0.717, 1.165) is 48.1 Å². The summed E-state index contributed by atoms with van der Waals surface area (Å²) in [5.41, 5.74) is 2.00. The minimum absolute atomic E-state index is 0.0114. The van der Waals surface area contributed by atoms with Crippen LogP contribution in [0, 0.1) is 0 Å². The van der Waals surface area contributed by atoms with Gasteiger partial charge in [0.25, 0.3) is 0 Å². The molecule has 2 aromatic rings. The van der Waals surface area contributed by atoms with Crippen molar-refractivity contribution >= 4 is 5.91 Å². The van der Waals surface area contributed by atoms with Crippen LogP contribution in [0.1, 0.15) is 37.3 Å². The predicted molar refractivity (Wildman–Crippen MR) is 106 cm³/mol. The summed E-state index contributed by atoms with van der Waals surface area (Å²) in [5.74, 6) is 0.0114. The van der Waals surface area contributed by atoms with Crippen LogP contribution in [0.2, 0.25) is 0 Å². The van der Waals surface area contributed by atoms with E-state index in [0.29, 0.717) is 13.0 Å². The van der Waals surface area contributed by atoms with E-state index in [9.17, 15) is 18.0 Å². The number of hydrogen-bond acceptors (Lipinski definition) is 2. The number of hydrogen-bond donors (Lipinski definition) is 2. The Bertz CT molecular complexity index is 740. The molecule has 0 aliphatic rings. The molecule has 0 saturated heterocycles. The molecular formula is C22H27F3N2O. The molecule has 0 fully saturated rings. The molecule has 1 amide bonds. The van der Waals surface area contributed by atoms with Crippen molar-refractivity contribution in [2.75, 3.05) is 13.6 Å². The van der Waals surface area contributed by atoms with Gasteiger partial charge in [0.1, 0.15) is 0 Å². The molecule has 2 N–H and O–H groups in total. The fourth-order valence-electron chi connectivity index (χ4n) is 2.98. The summed E-state index contributed by atoms with van der Waals surface area (Å²) < 4.78 is 37.9. The van der Waals surface area contributed by atoms with Gasteiger partial charge in [0.05, 0.1) is 11.6 Å². The van der Waals surface area contributed by atoms with Crippen molar-refractivity contribution in [1.29, 1.82) is 0 Å². The normalized spacial score (nSPS) is 12.6. The van der Waals surface area contributed by atoms with Crippen LogP contribution < -0.4 is 10.6 Å². The van der Waals surface area contributed by atoms with Crippen LogP contribution in [0.25, 0.3) is 11.1 Å². The van der Waals surface area contributed by atoms with E-state index in [2.05, 4.69) is 17.6 Å². The first-order valence-corrected chi connectivity index (χ1v) is 9.56. The first-order valence-electron chi connectivity index (χ1n) is 9.56. The van der Waals surface area contributed by atoms with Crippen molar-refractivity contribution in [2.45, 2.75) is 44.8 Å². The van der Waals surface area contributed by atoms with Gasteiger partial charge in [-0.25, -0.2) is 0 Å². The van der Waals surface area contributed by atoms with Gasteiger partial charge in [-0.3, -0.25) is 4.79 Å².